The molecule has 0 bridgehead atoms. The van der Waals surface area contributed by atoms with E-state index in [0.29, 0.717) is 24.9 Å². The van der Waals surface area contributed by atoms with E-state index in [2.05, 4.69) is 24.3 Å². The van der Waals surface area contributed by atoms with Crippen molar-refractivity contribution in [3.63, 3.8) is 0 Å². The lowest BCUT2D eigenvalue weighted by molar-refractivity contribution is -0.385. The summed E-state index contributed by atoms with van der Waals surface area (Å²) in [7, 11) is 0.275. The molecule has 0 unspecified atom stereocenters. The molecule has 10 heteroatoms. The number of nitro groups is 1. The molecule has 178 valence electrons. The van der Waals surface area contributed by atoms with Gasteiger partial charge in [-0.15, -0.1) is 0 Å². The Bertz CT molecular complexity index is 949. The second kappa shape index (κ2) is 9.84. The molecule has 1 aromatic rings. The van der Waals surface area contributed by atoms with Crippen molar-refractivity contribution in [1.29, 1.82) is 0 Å². The number of amides is 1. The number of carbonyl (C=O) groups excluding carboxylic acids is 1. The van der Waals surface area contributed by atoms with Gasteiger partial charge >= 0.3 is 0 Å². The summed E-state index contributed by atoms with van der Waals surface area (Å²) in [6.07, 6.45) is 6.59. The fourth-order valence-corrected chi connectivity index (χ4v) is 6.58. The summed E-state index contributed by atoms with van der Waals surface area (Å²) < 4.78 is 27.6. The Hall–Kier alpha value is -2.04. The van der Waals surface area contributed by atoms with Crippen molar-refractivity contribution in [2.24, 2.45) is 5.92 Å². The van der Waals surface area contributed by atoms with Crippen LogP contribution in [0.4, 0.5) is 5.69 Å². The Morgan fingerprint density at radius 2 is 1.84 bits per heavy atom. The van der Waals surface area contributed by atoms with Gasteiger partial charge in [-0.3, -0.25) is 14.9 Å². The number of non-ortho nitro benzene ring substituents is 1. The molecule has 1 N–H and O–H groups in total. The van der Waals surface area contributed by atoms with E-state index in [1.165, 1.54) is 35.7 Å². The molecule has 2 fully saturated rings. The standard InChI is InChI=1S/C22H34N4O5S/c1-17-7-8-19(26(28)29)15-20(17)32(30,31)25-13-9-18(10-14-25)21(27)23-16-22(24(2)3)11-5-4-6-12-22/h7-8,15,18H,4-6,9-14,16H2,1-3H3,(H,23,27). The zero-order chi connectivity index (χ0) is 23.5. The van der Waals surface area contributed by atoms with Gasteiger partial charge in [0.25, 0.3) is 5.69 Å². The third-order valence-electron chi connectivity index (χ3n) is 7.15. The highest BCUT2D eigenvalue weighted by Gasteiger charge is 2.37. The van der Waals surface area contributed by atoms with E-state index in [1.807, 2.05) is 0 Å². The van der Waals surface area contributed by atoms with Crippen LogP contribution in [0.3, 0.4) is 0 Å². The topological polar surface area (TPSA) is 113 Å². The van der Waals surface area contributed by atoms with Crippen LogP contribution < -0.4 is 5.32 Å². The van der Waals surface area contributed by atoms with E-state index in [1.54, 1.807) is 6.92 Å². The van der Waals surface area contributed by atoms with Crippen molar-refractivity contribution < 1.29 is 18.1 Å². The van der Waals surface area contributed by atoms with E-state index in [9.17, 15) is 23.3 Å². The summed E-state index contributed by atoms with van der Waals surface area (Å²) >= 11 is 0. The highest BCUT2D eigenvalue weighted by molar-refractivity contribution is 7.89. The third kappa shape index (κ3) is 5.13. The van der Waals surface area contributed by atoms with Gasteiger partial charge in [-0.1, -0.05) is 25.3 Å². The number of nitrogens with one attached hydrogen (secondary N) is 1. The molecule has 0 atom stereocenters. The predicted molar refractivity (Wildman–Crippen MR) is 122 cm³/mol. The number of carbonyl (C=O) groups is 1. The van der Waals surface area contributed by atoms with Crippen LogP contribution >= 0.6 is 0 Å². The molecule has 1 aliphatic carbocycles. The number of aryl methyl sites for hydroxylation is 1. The number of piperidine rings is 1. The minimum atomic E-state index is -3.86. The summed E-state index contributed by atoms with van der Waals surface area (Å²) in [5.74, 6) is -0.240. The van der Waals surface area contributed by atoms with Gasteiger partial charge in [-0.05, 0) is 52.3 Å². The second-order valence-corrected chi connectivity index (χ2v) is 11.2. The van der Waals surface area contributed by atoms with Crippen molar-refractivity contribution in [2.45, 2.75) is 62.3 Å². The van der Waals surface area contributed by atoms with Gasteiger partial charge in [0.2, 0.25) is 15.9 Å². The molecule has 32 heavy (non-hydrogen) atoms. The molecule has 1 heterocycles. The summed E-state index contributed by atoms with van der Waals surface area (Å²) in [6.45, 7) is 2.69. The number of benzene rings is 1. The maximum Gasteiger partial charge on any atom is 0.270 e. The minimum Gasteiger partial charge on any atom is -0.354 e. The minimum absolute atomic E-state index is 0.00248. The summed E-state index contributed by atoms with van der Waals surface area (Å²) in [6, 6.07) is 3.88. The van der Waals surface area contributed by atoms with Crippen LogP contribution in [0.15, 0.2) is 23.1 Å². The number of rotatable bonds is 7. The lowest BCUT2D eigenvalue weighted by atomic mass is 9.80. The van der Waals surface area contributed by atoms with Crippen LogP contribution in [-0.2, 0) is 14.8 Å². The van der Waals surface area contributed by atoms with Gasteiger partial charge < -0.3 is 10.2 Å². The van der Waals surface area contributed by atoms with Crippen LogP contribution in [0.5, 0.6) is 0 Å². The van der Waals surface area contributed by atoms with Crippen molar-refractivity contribution in [2.75, 3.05) is 33.7 Å². The second-order valence-electron chi connectivity index (χ2n) is 9.28. The van der Waals surface area contributed by atoms with Crippen molar-refractivity contribution >= 4 is 21.6 Å². The zero-order valence-electron chi connectivity index (χ0n) is 19.2. The number of nitrogens with zero attached hydrogens (tertiary/aromatic N) is 3. The first-order chi connectivity index (χ1) is 15.1. The normalized spacial score (nSPS) is 20.2. The average Bonchev–Trinajstić information content (AvgIpc) is 2.78. The fraction of sp³-hybridized carbons (Fsp3) is 0.682. The molecular weight excluding hydrogens is 432 g/mol. The first kappa shape index (κ1) is 24.6. The molecule has 1 aromatic carbocycles. The lowest BCUT2D eigenvalue weighted by Crippen LogP contribution is -2.55. The van der Waals surface area contributed by atoms with Crippen LogP contribution in [-0.4, -0.2) is 67.7 Å². The fourth-order valence-electron chi connectivity index (χ4n) is 4.87. The Morgan fingerprint density at radius 1 is 1.22 bits per heavy atom. The molecule has 0 aromatic heterocycles. The number of sulfonamides is 1. The number of nitro benzene ring substituents is 1. The molecule has 1 saturated carbocycles. The molecule has 0 radical (unpaired) electrons. The maximum absolute atomic E-state index is 13.1. The van der Waals surface area contributed by atoms with Crippen LogP contribution in [0.1, 0.15) is 50.5 Å². The average molecular weight is 467 g/mol. The molecule has 9 nitrogen and oxygen atoms in total. The maximum atomic E-state index is 13.1. The molecular formula is C22H34N4O5S. The van der Waals surface area contributed by atoms with Gasteiger partial charge in [0, 0.05) is 43.2 Å². The Kier molecular flexibility index (Phi) is 7.57. The smallest absolute Gasteiger partial charge is 0.270 e. The number of hydrogen-bond donors (Lipinski definition) is 1. The largest absolute Gasteiger partial charge is 0.354 e. The number of hydrogen-bond acceptors (Lipinski definition) is 6. The van der Waals surface area contributed by atoms with Gasteiger partial charge in [-0.25, -0.2) is 8.42 Å². The molecule has 1 aliphatic heterocycles. The number of likely N-dealkylation sites (N-methyl/N-ethyl adjacent to an activating group) is 1. The first-order valence-corrected chi connectivity index (χ1v) is 12.7. The molecule has 1 amide bonds. The quantitative estimate of drug-likeness (QED) is 0.488. The van der Waals surface area contributed by atoms with Gasteiger partial charge in [-0.2, -0.15) is 4.31 Å². The Morgan fingerprint density at radius 3 is 2.41 bits per heavy atom. The van der Waals surface area contributed by atoms with E-state index < -0.39 is 14.9 Å². The molecule has 1 saturated heterocycles. The van der Waals surface area contributed by atoms with Gasteiger partial charge in [0.15, 0.2) is 0 Å². The van der Waals surface area contributed by atoms with Crippen LogP contribution in [0.25, 0.3) is 0 Å². The van der Waals surface area contributed by atoms with Crippen molar-refractivity contribution in [3.8, 4) is 0 Å². The Balaban J connectivity index is 1.61. The lowest BCUT2D eigenvalue weighted by Gasteiger charge is -2.43. The summed E-state index contributed by atoms with van der Waals surface area (Å²) in [5, 5.41) is 14.2. The van der Waals surface area contributed by atoms with E-state index in [0.717, 1.165) is 18.9 Å². The zero-order valence-corrected chi connectivity index (χ0v) is 20.0. The van der Waals surface area contributed by atoms with Gasteiger partial charge in [0.05, 0.1) is 9.82 Å². The van der Waals surface area contributed by atoms with E-state index in [4.69, 9.17) is 0 Å². The van der Waals surface area contributed by atoms with E-state index in [-0.39, 0.29) is 41.0 Å². The molecule has 2 aliphatic rings. The molecule has 3 rings (SSSR count). The third-order valence-corrected chi connectivity index (χ3v) is 9.19. The Labute approximate surface area is 190 Å². The summed E-state index contributed by atoms with van der Waals surface area (Å²) in [4.78, 5) is 25.5. The highest BCUT2D eigenvalue weighted by atomic mass is 32.2. The van der Waals surface area contributed by atoms with E-state index >= 15 is 0 Å². The summed E-state index contributed by atoms with van der Waals surface area (Å²) in [5.41, 5.74) is 0.218. The van der Waals surface area contributed by atoms with Crippen molar-refractivity contribution in [3.05, 3.63) is 33.9 Å². The van der Waals surface area contributed by atoms with Gasteiger partial charge in [0.1, 0.15) is 0 Å². The predicted octanol–water partition coefficient (Wildman–Crippen LogP) is 2.68. The monoisotopic (exact) mass is 466 g/mol. The van der Waals surface area contributed by atoms with Crippen molar-refractivity contribution in [1.82, 2.24) is 14.5 Å². The molecule has 0 spiro atoms. The SMILES string of the molecule is Cc1ccc([N+](=O)[O-])cc1S(=O)(=O)N1CCC(C(=O)NCC2(N(C)C)CCCCC2)CC1. The van der Waals surface area contributed by atoms with Crippen LogP contribution in [0, 0.1) is 23.0 Å². The van der Waals surface area contributed by atoms with Crippen LogP contribution in [0.2, 0.25) is 0 Å². The first-order valence-electron chi connectivity index (χ1n) is 11.3. The highest BCUT2D eigenvalue weighted by Crippen LogP contribution is 2.32.